The molecule has 0 radical (unpaired) electrons. The number of oxazole rings is 1. The van der Waals surface area contributed by atoms with Crippen LogP contribution >= 0.6 is 23.2 Å². The smallest absolute Gasteiger partial charge is 0.289 e. The van der Waals surface area contributed by atoms with Crippen LogP contribution in [0.1, 0.15) is 41.8 Å². The second-order valence-electron chi connectivity index (χ2n) is 9.27. The van der Waals surface area contributed by atoms with Crippen LogP contribution in [0.5, 0.6) is 5.75 Å². The quantitative estimate of drug-likeness (QED) is 0.455. The van der Waals surface area contributed by atoms with E-state index in [4.69, 9.17) is 32.4 Å². The van der Waals surface area contributed by atoms with E-state index < -0.39 is 5.54 Å². The lowest BCUT2D eigenvalue weighted by molar-refractivity contribution is -0.126. The van der Waals surface area contributed by atoms with Gasteiger partial charge in [-0.05, 0) is 62.4 Å². The number of aromatic nitrogens is 1. The van der Waals surface area contributed by atoms with Gasteiger partial charge in [0.15, 0.2) is 6.61 Å². The van der Waals surface area contributed by atoms with Crippen LogP contribution in [0.2, 0.25) is 10.0 Å². The first-order valence-corrected chi connectivity index (χ1v) is 11.9. The number of ether oxygens (including phenoxy) is 1. The minimum atomic E-state index is -0.405. The maximum absolute atomic E-state index is 13.9. The molecule has 1 aromatic heterocycles. The predicted octanol–water partition coefficient (Wildman–Crippen LogP) is 5.09. The zero-order valence-corrected chi connectivity index (χ0v) is 20.3. The van der Waals surface area contributed by atoms with Crippen molar-refractivity contribution in [1.29, 1.82) is 0 Å². The van der Waals surface area contributed by atoms with Crippen molar-refractivity contribution in [1.82, 2.24) is 15.6 Å². The van der Waals surface area contributed by atoms with Crippen LogP contribution in [-0.4, -0.2) is 34.5 Å². The Balaban J connectivity index is 1.14. The van der Waals surface area contributed by atoms with E-state index in [0.29, 0.717) is 39.8 Å². The van der Waals surface area contributed by atoms with E-state index >= 15 is 0 Å². The van der Waals surface area contributed by atoms with Crippen molar-refractivity contribution in [3.63, 3.8) is 0 Å². The average Bonchev–Trinajstić information content (AvgIpc) is 3.50. The number of halogens is 3. The molecule has 2 N–H and O–H groups in total. The fourth-order valence-electron chi connectivity index (χ4n) is 4.97. The molecule has 2 amide bonds. The Bertz CT molecular complexity index is 1320. The monoisotopic (exact) mass is 517 g/mol. The topological polar surface area (TPSA) is 93.5 Å². The summed E-state index contributed by atoms with van der Waals surface area (Å²) in [6.07, 6.45) is 4.05. The second-order valence-corrected chi connectivity index (χ2v) is 10.1. The third-order valence-electron chi connectivity index (χ3n) is 6.63. The number of carbonyl (C=O) groups is 2. The molecule has 0 saturated heterocycles. The molecule has 3 fully saturated rings. The first-order valence-electron chi connectivity index (χ1n) is 11.1. The number of nitrogens with zero attached hydrogens (tertiary/aromatic N) is 1. The summed E-state index contributed by atoms with van der Waals surface area (Å²) in [5, 5.41) is 6.84. The molecule has 2 bridgehead atoms. The summed E-state index contributed by atoms with van der Waals surface area (Å²) in [5.74, 6) is -0.321. The summed E-state index contributed by atoms with van der Waals surface area (Å²) in [5.41, 5.74) is 0.203. The molecule has 6 rings (SSSR count). The van der Waals surface area contributed by atoms with Crippen LogP contribution in [0.3, 0.4) is 0 Å². The maximum Gasteiger partial charge on any atom is 0.289 e. The number of fused-ring (bicyclic) bond motifs is 1. The number of nitrogens with one attached hydrogen (secondary N) is 2. The molecule has 0 spiro atoms. The molecule has 0 aliphatic heterocycles. The number of aryl methyl sites for hydroxylation is 1. The number of amides is 2. The summed E-state index contributed by atoms with van der Waals surface area (Å²) in [6.45, 7) is 1.51. The van der Waals surface area contributed by atoms with Gasteiger partial charge in [-0.25, -0.2) is 9.37 Å². The Morgan fingerprint density at radius 3 is 2.54 bits per heavy atom. The summed E-state index contributed by atoms with van der Waals surface area (Å²) in [4.78, 5) is 29.4. The Morgan fingerprint density at radius 2 is 1.83 bits per heavy atom. The van der Waals surface area contributed by atoms with Gasteiger partial charge < -0.3 is 19.8 Å². The lowest BCUT2D eigenvalue weighted by Gasteiger charge is -2.47. The van der Waals surface area contributed by atoms with E-state index in [1.807, 2.05) is 0 Å². The van der Waals surface area contributed by atoms with E-state index in [9.17, 15) is 14.0 Å². The van der Waals surface area contributed by atoms with E-state index in [1.54, 1.807) is 37.3 Å². The molecule has 7 nitrogen and oxygen atoms in total. The van der Waals surface area contributed by atoms with Crippen LogP contribution in [-0.2, 0) is 4.79 Å². The van der Waals surface area contributed by atoms with Crippen molar-refractivity contribution in [2.75, 3.05) is 6.61 Å². The molecular weight excluding hydrogens is 496 g/mol. The fourth-order valence-corrected chi connectivity index (χ4v) is 5.25. The van der Waals surface area contributed by atoms with Crippen molar-refractivity contribution in [2.24, 2.45) is 0 Å². The molecule has 3 aliphatic carbocycles. The number of benzene rings is 2. The lowest BCUT2D eigenvalue weighted by Crippen LogP contribution is -2.64. The van der Waals surface area contributed by atoms with Crippen molar-refractivity contribution < 1.29 is 23.1 Å². The number of rotatable bonds is 7. The number of carbonyl (C=O) groups excluding carboxylic acids is 2. The summed E-state index contributed by atoms with van der Waals surface area (Å²) in [6, 6.07) is 9.45. The highest BCUT2D eigenvalue weighted by Gasteiger charge is 2.62. The van der Waals surface area contributed by atoms with Gasteiger partial charge in [0.05, 0.1) is 16.2 Å². The van der Waals surface area contributed by atoms with E-state index in [0.717, 1.165) is 12.8 Å². The highest BCUT2D eigenvalue weighted by atomic mass is 35.5. The Labute approximate surface area is 211 Å². The fraction of sp³-hybridized carbons (Fsp3) is 0.320. The van der Waals surface area contributed by atoms with Gasteiger partial charge in [-0.3, -0.25) is 9.59 Å². The number of hydrogen-bond acceptors (Lipinski definition) is 5. The first kappa shape index (κ1) is 23.6. The number of hydrogen-bond donors (Lipinski definition) is 2. The molecule has 182 valence electrons. The van der Waals surface area contributed by atoms with Crippen molar-refractivity contribution >= 4 is 35.0 Å². The molecule has 2 aromatic carbocycles. The molecule has 1 heterocycles. The van der Waals surface area contributed by atoms with Gasteiger partial charge >= 0.3 is 0 Å². The van der Waals surface area contributed by atoms with Crippen molar-refractivity contribution in [3.8, 4) is 17.2 Å². The summed E-state index contributed by atoms with van der Waals surface area (Å²) in [7, 11) is 0. The Hall–Kier alpha value is -3.10. The molecule has 0 unspecified atom stereocenters. The van der Waals surface area contributed by atoms with Gasteiger partial charge in [0.1, 0.15) is 11.6 Å². The highest BCUT2D eigenvalue weighted by Crippen LogP contribution is 2.55. The minimum absolute atomic E-state index is 0.0545. The first-order chi connectivity index (χ1) is 16.7. The molecule has 10 heteroatoms. The standard InChI is InChI=1S/C25H22Cl2FN3O4/c1-14-2-3-15(8-19(14)28)23-29-10-20(35-23)22(33)31-25-7-6-24(12-25,13-25)30-21(32)11-34-16-4-5-17(26)18(27)9-16/h2-5,8-10H,6-7,11-13H2,1H3,(H,30,32)(H,31,33). The van der Waals surface area contributed by atoms with Gasteiger partial charge in [0, 0.05) is 22.7 Å². The maximum atomic E-state index is 13.9. The molecule has 3 saturated carbocycles. The van der Waals surface area contributed by atoms with Gasteiger partial charge in [0.2, 0.25) is 11.7 Å². The van der Waals surface area contributed by atoms with Crippen LogP contribution in [0, 0.1) is 12.7 Å². The molecule has 3 aromatic rings. The zero-order valence-electron chi connectivity index (χ0n) is 18.8. The summed E-state index contributed by atoms with van der Waals surface area (Å²) >= 11 is 11.9. The third kappa shape index (κ3) is 4.73. The Kier molecular flexibility index (Phi) is 5.97. The van der Waals surface area contributed by atoms with Gasteiger partial charge in [-0.2, -0.15) is 0 Å². The van der Waals surface area contributed by atoms with E-state index in [-0.39, 0.29) is 41.4 Å². The van der Waals surface area contributed by atoms with Gasteiger partial charge in [-0.15, -0.1) is 0 Å². The van der Waals surface area contributed by atoms with Crippen LogP contribution < -0.4 is 15.4 Å². The largest absolute Gasteiger partial charge is 0.484 e. The van der Waals surface area contributed by atoms with Crippen LogP contribution in [0.15, 0.2) is 47.0 Å². The van der Waals surface area contributed by atoms with E-state index in [2.05, 4.69) is 15.6 Å². The second kappa shape index (κ2) is 8.84. The van der Waals surface area contributed by atoms with Crippen LogP contribution in [0.4, 0.5) is 4.39 Å². The minimum Gasteiger partial charge on any atom is -0.484 e. The Morgan fingerprint density at radius 1 is 1.09 bits per heavy atom. The molecule has 3 aliphatic rings. The lowest BCUT2D eigenvalue weighted by atomic mass is 9.71. The normalized spacial score (nSPS) is 22.4. The van der Waals surface area contributed by atoms with E-state index in [1.165, 1.54) is 12.3 Å². The predicted molar refractivity (Wildman–Crippen MR) is 128 cm³/mol. The average molecular weight is 518 g/mol. The summed E-state index contributed by atoms with van der Waals surface area (Å²) < 4.78 is 24.9. The zero-order chi connectivity index (χ0) is 24.8. The van der Waals surface area contributed by atoms with Crippen molar-refractivity contribution in [3.05, 3.63) is 69.8 Å². The SMILES string of the molecule is Cc1ccc(-c2ncc(C(=O)NC34CCC(NC(=O)COc5ccc(Cl)c(Cl)c5)(C3)C4)o2)cc1F. The molecule has 35 heavy (non-hydrogen) atoms. The van der Waals surface area contributed by atoms with Gasteiger partial charge in [-0.1, -0.05) is 29.3 Å². The van der Waals surface area contributed by atoms with Crippen molar-refractivity contribution in [2.45, 2.75) is 43.7 Å². The van der Waals surface area contributed by atoms with Gasteiger partial charge in [0.25, 0.3) is 11.8 Å². The molecular formula is C25H22Cl2FN3O4. The molecule has 0 atom stereocenters. The van der Waals surface area contributed by atoms with Crippen LogP contribution in [0.25, 0.3) is 11.5 Å². The third-order valence-corrected chi connectivity index (χ3v) is 7.37. The highest BCUT2D eigenvalue weighted by molar-refractivity contribution is 6.42.